The number of aryl methyl sites for hydroxylation is 1. The van der Waals surface area contributed by atoms with Gasteiger partial charge in [0.1, 0.15) is 5.41 Å². The second kappa shape index (κ2) is 6.13. The van der Waals surface area contributed by atoms with Gasteiger partial charge >= 0.3 is 5.97 Å². The van der Waals surface area contributed by atoms with Crippen molar-refractivity contribution < 1.29 is 23.4 Å². The van der Waals surface area contributed by atoms with Crippen LogP contribution in [0.4, 0.5) is 0 Å². The van der Waals surface area contributed by atoms with E-state index in [2.05, 4.69) is 0 Å². The van der Waals surface area contributed by atoms with E-state index in [0.717, 1.165) is 18.4 Å². The van der Waals surface area contributed by atoms with Gasteiger partial charge in [-0.1, -0.05) is 25.0 Å². The lowest BCUT2D eigenvalue weighted by Gasteiger charge is -2.42. The third-order valence-corrected chi connectivity index (χ3v) is 6.99. The number of hydrogen-bond acceptors (Lipinski definition) is 4. The molecule has 24 heavy (non-hydrogen) atoms. The van der Waals surface area contributed by atoms with Crippen LogP contribution in [0.25, 0.3) is 0 Å². The Bertz CT molecular complexity index is 743. The highest BCUT2D eigenvalue weighted by Crippen LogP contribution is 2.45. The molecular weight excluding hydrogens is 330 g/mol. The second-order valence-corrected chi connectivity index (χ2v) is 9.01. The van der Waals surface area contributed by atoms with E-state index in [9.17, 15) is 23.4 Å². The maximum absolute atomic E-state index is 12.9. The molecule has 2 N–H and O–H groups in total. The Balaban J connectivity index is 1.92. The first-order chi connectivity index (χ1) is 11.3. The fourth-order valence-corrected chi connectivity index (χ4v) is 5.14. The van der Waals surface area contributed by atoms with Gasteiger partial charge in [0.05, 0.1) is 11.0 Å². The average molecular weight is 353 g/mol. The summed E-state index contributed by atoms with van der Waals surface area (Å²) in [5, 5.41) is 20.1. The Morgan fingerprint density at radius 2 is 2.04 bits per heavy atom. The summed E-state index contributed by atoms with van der Waals surface area (Å²) >= 11 is 0. The molecular formula is C17H23NO5S. The normalized spacial score (nSPS) is 28.7. The fourth-order valence-electron chi connectivity index (χ4n) is 3.51. The van der Waals surface area contributed by atoms with Crippen LogP contribution in [0, 0.1) is 18.3 Å². The highest BCUT2D eigenvalue weighted by atomic mass is 32.2. The quantitative estimate of drug-likeness (QED) is 0.839. The number of aliphatic hydroxyl groups is 1. The molecule has 1 unspecified atom stereocenters. The number of sulfonamides is 1. The molecule has 1 aromatic rings. The summed E-state index contributed by atoms with van der Waals surface area (Å²) in [4.78, 5) is 12.1. The molecule has 2 fully saturated rings. The molecule has 7 heteroatoms. The third kappa shape index (κ3) is 3.08. The zero-order chi connectivity index (χ0) is 17.5. The summed E-state index contributed by atoms with van der Waals surface area (Å²) in [6.45, 7) is 1.78. The van der Waals surface area contributed by atoms with Crippen LogP contribution in [0.5, 0.6) is 0 Å². The minimum absolute atomic E-state index is 0.136. The monoisotopic (exact) mass is 353 g/mol. The Labute approximate surface area is 142 Å². The number of carboxylic acids is 1. The summed E-state index contributed by atoms with van der Waals surface area (Å²) < 4.78 is 27.0. The predicted molar refractivity (Wildman–Crippen MR) is 88.0 cm³/mol. The summed E-state index contributed by atoms with van der Waals surface area (Å²) in [5.74, 6) is -0.830. The van der Waals surface area contributed by atoms with Crippen LogP contribution in [0.2, 0.25) is 0 Å². The summed E-state index contributed by atoms with van der Waals surface area (Å²) in [6, 6.07) is 6.60. The maximum atomic E-state index is 12.9. The number of piperidine rings is 1. The Morgan fingerprint density at radius 1 is 1.33 bits per heavy atom. The van der Waals surface area contributed by atoms with E-state index in [4.69, 9.17) is 0 Å². The molecule has 6 nitrogen and oxygen atoms in total. The molecule has 1 aliphatic heterocycles. The van der Waals surface area contributed by atoms with Gasteiger partial charge in [0, 0.05) is 13.1 Å². The second-order valence-electron chi connectivity index (χ2n) is 7.07. The average Bonchev–Trinajstić information content (AvgIpc) is 3.33. The smallest absolute Gasteiger partial charge is 0.313 e. The number of aliphatic carboxylic acids is 1. The number of carbonyl (C=O) groups is 1. The van der Waals surface area contributed by atoms with Crippen molar-refractivity contribution in [1.29, 1.82) is 0 Å². The van der Waals surface area contributed by atoms with Gasteiger partial charge in [-0.3, -0.25) is 4.79 Å². The first kappa shape index (κ1) is 17.4. The van der Waals surface area contributed by atoms with E-state index in [1.165, 1.54) is 10.4 Å². The van der Waals surface area contributed by atoms with Crippen molar-refractivity contribution in [3.8, 4) is 0 Å². The lowest BCUT2D eigenvalue weighted by Crippen LogP contribution is -2.57. The molecule has 2 aliphatic rings. The van der Waals surface area contributed by atoms with Gasteiger partial charge in [0.15, 0.2) is 0 Å². The van der Waals surface area contributed by atoms with E-state index in [-0.39, 0.29) is 30.3 Å². The number of carboxylic acid groups (broad SMARTS) is 1. The van der Waals surface area contributed by atoms with Gasteiger partial charge < -0.3 is 10.2 Å². The lowest BCUT2D eigenvalue weighted by atomic mass is 9.74. The highest BCUT2D eigenvalue weighted by molar-refractivity contribution is 7.89. The van der Waals surface area contributed by atoms with Crippen LogP contribution in [0.1, 0.15) is 31.2 Å². The molecule has 0 bridgehead atoms. The third-order valence-electron chi connectivity index (χ3n) is 5.15. The predicted octanol–water partition coefficient (Wildman–Crippen LogP) is 1.62. The zero-order valence-electron chi connectivity index (χ0n) is 13.7. The van der Waals surface area contributed by atoms with Crippen molar-refractivity contribution in [3.63, 3.8) is 0 Å². The fraction of sp³-hybridized carbons (Fsp3) is 0.588. The largest absolute Gasteiger partial charge is 0.481 e. The first-order valence-corrected chi connectivity index (χ1v) is 9.68. The van der Waals surface area contributed by atoms with Crippen molar-refractivity contribution in [1.82, 2.24) is 4.31 Å². The summed E-state index contributed by atoms with van der Waals surface area (Å²) in [7, 11) is -3.77. The van der Waals surface area contributed by atoms with E-state index in [0.29, 0.717) is 6.42 Å². The molecule has 0 amide bonds. The molecule has 1 saturated heterocycles. The van der Waals surface area contributed by atoms with Crippen LogP contribution in [0.15, 0.2) is 29.2 Å². The van der Waals surface area contributed by atoms with Crippen molar-refractivity contribution in [2.45, 2.75) is 43.6 Å². The molecule has 1 saturated carbocycles. The van der Waals surface area contributed by atoms with E-state index < -0.39 is 27.5 Å². The van der Waals surface area contributed by atoms with Crippen molar-refractivity contribution in [3.05, 3.63) is 29.8 Å². The first-order valence-electron chi connectivity index (χ1n) is 8.24. The maximum Gasteiger partial charge on any atom is 0.313 e. The zero-order valence-corrected chi connectivity index (χ0v) is 14.5. The van der Waals surface area contributed by atoms with Crippen LogP contribution in [-0.4, -0.2) is 48.1 Å². The summed E-state index contributed by atoms with van der Waals surface area (Å²) in [6.07, 6.45) is 1.37. The minimum atomic E-state index is -3.77. The van der Waals surface area contributed by atoms with E-state index in [1.807, 2.05) is 13.0 Å². The molecule has 1 aromatic carbocycles. The SMILES string of the molecule is Cc1cccc(S(=O)(=O)N2CCC(O)[C@@](CC3CC3)(C(=O)O)C2)c1. The lowest BCUT2D eigenvalue weighted by molar-refractivity contribution is -0.162. The Hall–Kier alpha value is -1.44. The number of rotatable bonds is 5. The molecule has 1 aliphatic carbocycles. The molecule has 132 valence electrons. The molecule has 2 atom stereocenters. The number of nitrogens with zero attached hydrogens (tertiary/aromatic N) is 1. The Kier molecular flexibility index (Phi) is 4.44. The van der Waals surface area contributed by atoms with Gasteiger partial charge in [0.2, 0.25) is 10.0 Å². The van der Waals surface area contributed by atoms with Gasteiger partial charge in [-0.25, -0.2) is 8.42 Å². The van der Waals surface area contributed by atoms with Gasteiger partial charge in [-0.2, -0.15) is 4.31 Å². The summed E-state index contributed by atoms with van der Waals surface area (Å²) in [5.41, 5.74) is -0.577. The van der Waals surface area contributed by atoms with Crippen molar-refractivity contribution in [2.75, 3.05) is 13.1 Å². The van der Waals surface area contributed by atoms with Crippen LogP contribution in [-0.2, 0) is 14.8 Å². The molecule has 0 aromatic heterocycles. The van der Waals surface area contributed by atoms with Crippen LogP contribution in [0.3, 0.4) is 0 Å². The Morgan fingerprint density at radius 3 is 2.62 bits per heavy atom. The van der Waals surface area contributed by atoms with Crippen molar-refractivity contribution in [2.24, 2.45) is 11.3 Å². The number of aliphatic hydroxyl groups excluding tert-OH is 1. The molecule has 3 rings (SSSR count). The van der Waals surface area contributed by atoms with Crippen molar-refractivity contribution >= 4 is 16.0 Å². The molecule has 1 heterocycles. The van der Waals surface area contributed by atoms with E-state index >= 15 is 0 Å². The molecule has 0 spiro atoms. The minimum Gasteiger partial charge on any atom is -0.481 e. The number of hydrogen-bond donors (Lipinski definition) is 2. The number of benzene rings is 1. The van der Waals surface area contributed by atoms with Gasteiger partial charge in [0.25, 0.3) is 0 Å². The standard InChI is InChI=1S/C17H23NO5S/c1-12-3-2-4-14(9-12)24(22,23)18-8-7-15(19)17(11-18,16(20)21)10-13-5-6-13/h2-4,9,13,15,19H,5-8,10-11H2,1H3,(H,20,21)/t15?,17-/m0/s1. The van der Waals surface area contributed by atoms with Gasteiger partial charge in [-0.15, -0.1) is 0 Å². The van der Waals surface area contributed by atoms with E-state index in [1.54, 1.807) is 12.1 Å². The molecule has 0 radical (unpaired) electrons. The van der Waals surface area contributed by atoms with Gasteiger partial charge in [-0.05, 0) is 43.4 Å². The highest BCUT2D eigenvalue weighted by Gasteiger charge is 2.53. The topological polar surface area (TPSA) is 94.9 Å². The van der Waals surface area contributed by atoms with Crippen LogP contribution < -0.4 is 0 Å². The van der Waals surface area contributed by atoms with Crippen LogP contribution >= 0.6 is 0 Å².